The van der Waals surface area contributed by atoms with Crippen molar-refractivity contribution in [3.63, 3.8) is 0 Å². The highest BCUT2D eigenvalue weighted by atomic mass is 16.5. The molecule has 2 atom stereocenters. The van der Waals surface area contributed by atoms with Crippen LogP contribution < -0.4 is 0 Å². The first-order valence-corrected chi connectivity index (χ1v) is 8.22. The molecule has 4 rings (SSSR count). The van der Waals surface area contributed by atoms with Crippen LogP contribution in [0.15, 0.2) is 41.7 Å². The Labute approximate surface area is 136 Å². The van der Waals surface area contributed by atoms with Gasteiger partial charge in [-0.2, -0.15) is 0 Å². The Balaban J connectivity index is 1.40. The number of ether oxygens (including phenoxy) is 2. The summed E-state index contributed by atoms with van der Waals surface area (Å²) >= 11 is 0. The van der Waals surface area contributed by atoms with E-state index in [4.69, 9.17) is 13.9 Å². The third-order valence-electron chi connectivity index (χ3n) is 4.73. The molecule has 0 unspecified atom stereocenters. The molecular formula is C17H23N3O3. The van der Waals surface area contributed by atoms with Gasteiger partial charge >= 0.3 is 0 Å². The fourth-order valence-corrected chi connectivity index (χ4v) is 3.72. The maximum absolute atomic E-state index is 6.25. The van der Waals surface area contributed by atoms with Crippen molar-refractivity contribution in [3.8, 4) is 0 Å². The van der Waals surface area contributed by atoms with Gasteiger partial charge in [0.1, 0.15) is 5.60 Å². The Morgan fingerprint density at radius 2 is 2.39 bits per heavy atom. The average Bonchev–Trinajstić information content (AvgIpc) is 3.25. The first-order valence-electron chi connectivity index (χ1n) is 8.22. The van der Waals surface area contributed by atoms with E-state index in [1.807, 2.05) is 31.1 Å². The highest BCUT2D eigenvalue weighted by Crippen LogP contribution is 2.34. The van der Waals surface area contributed by atoms with Crippen LogP contribution in [0, 0.1) is 5.92 Å². The molecule has 2 aliphatic heterocycles. The summed E-state index contributed by atoms with van der Waals surface area (Å²) in [5.74, 6) is 0.515. The second-order valence-corrected chi connectivity index (χ2v) is 6.72. The Kier molecular flexibility index (Phi) is 4.20. The molecule has 0 N–H and O–H groups in total. The Morgan fingerprint density at radius 3 is 3.22 bits per heavy atom. The zero-order chi connectivity index (χ0) is 15.5. The molecule has 124 valence electrons. The zero-order valence-corrected chi connectivity index (χ0v) is 13.3. The van der Waals surface area contributed by atoms with Crippen LogP contribution in [0.25, 0.3) is 0 Å². The second-order valence-electron chi connectivity index (χ2n) is 6.72. The minimum absolute atomic E-state index is 0.175. The number of nitrogens with zero attached hydrogens (tertiary/aromatic N) is 3. The van der Waals surface area contributed by atoms with Gasteiger partial charge in [0.2, 0.25) is 0 Å². The van der Waals surface area contributed by atoms with E-state index in [1.165, 1.54) is 5.56 Å². The predicted octanol–water partition coefficient (Wildman–Crippen LogP) is 1.78. The molecule has 0 radical (unpaired) electrons. The first kappa shape index (κ1) is 14.9. The smallest absolute Gasteiger partial charge is 0.104 e. The van der Waals surface area contributed by atoms with E-state index in [9.17, 15) is 0 Å². The lowest BCUT2D eigenvalue weighted by atomic mass is 9.94. The van der Waals surface area contributed by atoms with Gasteiger partial charge < -0.3 is 18.5 Å². The molecule has 0 amide bonds. The molecule has 2 saturated heterocycles. The minimum atomic E-state index is -0.175. The van der Waals surface area contributed by atoms with E-state index < -0.39 is 0 Å². The zero-order valence-electron chi connectivity index (χ0n) is 13.3. The SMILES string of the molecule is c1cn(C[C@@H]2CO[C@@]3(COCCN(Cc4ccoc4)C3)C2)cn1. The summed E-state index contributed by atoms with van der Waals surface area (Å²) in [6, 6.07) is 2.02. The summed E-state index contributed by atoms with van der Waals surface area (Å²) in [4.78, 5) is 6.53. The highest BCUT2D eigenvalue weighted by Gasteiger charge is 2.43. The summed E-state index contributed by atoms with van der Waals surface area (Å²) in [6.45, 7) is 5.94. The number of imidazole rings is 1. The van der Waals surface area contributed by atoms with Crippen molar-refractivity contribution < 1.29 is 13.9 Å². The fraction of sp³-hybridized carbons (Fsp3) is 0.588. The van der Waals surface area contributed by atoms with Gasteiger partial charge in [0, 0.05) is 50.1 Å². The lowest BCUT2D eigenvalue weighted by molar-refractivity contribution is -0.0563. The third-order valence-corrected chi connectivity index (χ3v) is 4.73. The molecule has 6 heteroatoms. The van der Waals surface area contributed by atoms with Crippen molar-refractivity contribution >= 4 is 0 Å². The number of hydrogen-bond acceptors (Lipinski definition) is 5. The van der Waals surface area contributed by atoms with Crippen molar-refractivity contribution in [2.45, 2.75) is 25.1 Å². The molecule has 2 aromatic rings. The lowest BCUT2D eigenvalue weighted by Crippen LogP contribution is -2.43. The molecule has 6 nitrogen and oxygen atoms in total. The number of hydrogen-bond donors (Lipinski definition) is 0. The summed E-state index contributed by atoms with van der Waals surface area (Å²) in [7, 11) is 0. The Hall–Kier alpha value is -1.63. The van der Waals surface area contributed by atoms with Gasteiger partial charge in [0.25, 0.3) is 0 Å². The normalized spacial score (nSPS) is 29.1. The van der Waals surface area contributed by atoms with Gasteiger partial charge in [-0.15, -0.1) is 0 Å². The van der Waals surface area contributed by atoms with E-state index in [0.717, 1.165) is 45.8 Å². The summed E-state index contributed by atoms with van der Waals surface area (Å²) in [5, 5.41) is 0. The summed E-state index contributed by atoms with van der Waals surface area (Å²) < 4.78 is 19.4. The lowest BCUT2D eigenvalue weighted by Gasteiger charge is -2.31. The third kappa shape index (κ3) is 3.49. The van der Waals surface area contributed by atoms with Gasteiger partial charge in [-0.05, 0) is 12.5 Å². The fourth-order valence-electron chi connectivity index (χ4n) is 3.72. The van der Waals surface area contributed by atoms with Gasteiger partial charge in [-0.25, -0.2) is 4.98 Å². The quantitative estimate of drug-likeness (QED) is 0.860. The standard InChI is InChI=1S/C17H23N3O3/c1-5-21-10-15(1)8-19-4-6-22-13-17(12-19)7-16(11-23-17)9-20-3-2-18-14-20/h1-3,5,10,14,16H,4,6-9,11-13H2/t16-,17+/m1/s1. The topological polar surface area (TPSA) is 52.7 Å². The van der Waals surface area contributed by atoms with Crippen LogP contribution in [0.2, 0.25) is 0 Å². The van der Waals surface area contributed by atoms with Crippen LogP contribution >= 0.6 is 0 Å². The van der Waals surface area contributed by atoms with Crippen molar-refractivity contribution in [1.29, 1.82) is 0 Å². The molecule has 2 aliphatic rings. The van der Waals surface area contributed by atoms with Crippen LogP contribution in [0.5, 0.6) is 0 Å². The number of furan rings is 1. The van der Waals surface area contributed by atoms with Gasteiger partial charge in [-0.1, -0.05) is 0 Å². The van der Waals surface area contributed by atoms with Crippen LogP contribution in [0.4, 0.5) is 0 Å². The Morgan fingerprint density at radius 1 is 1.39 bits per heavy atom. The molecule has 0 aromatic carbocycles. The Bertz CT molecular complexity index is 599. The molecule has 2 fully saturated rings. The minimum Gasteiger partial charge on any atom is -0.472 e. The van der Waals surface area contributed by atoms with Crippen molar-refractivity contribution in [2.24, 2.45) is 5.92 Å². The van der Waals surface area contributed by atoms with E-state index >= 15 is 0 Å². The van der Waals surface area contributed by atoms with E-state index in [-0.39, 0.29) is 5.60 Å². The van der Waals surface area contributed by atoms with Crippen LogP contribution in [0.3, 0.4) is 0 Å². The second kappa shape index (κ2) is 6.47. The summed E-state index contributed by atoms with van der Waals surface area (Å²) in [6.07, 6.45) is 10.3. The molecule has 2 aromatic heterocycles. The molecular weight excluding hydrogens is 294 g/mol. The maximum Gasteiger partial charge on any atom is 0.104 e. The molecule has 0 saturated carbocycles. The van der Waals surface area contributed by atoms with E-state index in [0.29, 0.717) is 12.5 Å². The monoisotopic (exact) mass is 317 g/mol. The van der Waals surface area contributed by atoms with Crippen LogP contribution in [0.1, 0.15) is 12.0 Å². The molecule has 23 heavy (non-hydrogen) atoms. The molecule has 4 heterocycles. The maximum atomic E-state index is 6.25. The van der Waals surface area contributed by atoms with Crippen molar-refractivity contribution in [2.75, 3.05) is 32.9 Å². The average molecular weight is 317 g/mol. The van der Waals surface area contributed by atoms with Crippen LogP contribution in [-0.4, -0.2) is 53.0 Å². The van der Waals surface area contributed by atoms with Gasteiger partial charge in [0.15, 0.2) is 0 Å². The molecule has 0 bridgehead atoms. The summed E-state index contributed by atoms with van der Waals surface area (Å²) in [5.41, 5.74) is 1.03. The predicted molar refractivity (Wildman–Crippen MR) is 83.8 cm³/mol. The van der Waals surface area contributed by atoms with E-state index in [2.05, 4.69) is 14.5 Å². The first-order chi connectivity index (χ1) is 11.3. The van der Waals surface area contributed by atoms with Crippen molar-refractivity contribution in [1.82, 2.24) is 14.5 Å². The molecule has 1 spiro atoms. The number of rotatable bonds is 4. The van der Waals surface area contributed by atoms with E-state index in [1.54, 1.807) is 6.26 Å². The van der Waals surface area contributed by atoms with Crippen molar-refractivity contribution in [3.05, 3.63) is 42.9 Å². The van der Waals surface area contributed by atoms with Gasteiger partial charge in [-0.3, -0.25) is 4.90 Å². The largest absolute Gasteiger partial charge is 0.472 e. The number of aromatic nitrogens is 2. The highest BCUT2D eigenvalue weighted by molar-refractivity contribution is 5.06. The molecule has 0 aliphatic carbocycles. The van der Waals surface area contributed by atoms with Crippen LogP contribution in [-0.2, 0) is 22.6 Å². The van der Waals surface area contributed by atoms with Gasteiger partial charge in [0.05, 0.1) is 38.7 Å².